The van der Waals surface area contributed by atoms with Crippen LogP contribution in [0.3, 0.4) is 0 Å². The average molecular weight is 526 g/mol. The highest BCUT2D eigenvalue weighted by Gasteiger charge is 2.31. The van der Waals surface area contributed by atoms with Gasteiger partial charge in [-0.05, 0) is 42.2 Å². The number of benzene rings is 2. The predicted octanol–water partition coefficient (Wildman–Crippen LogP) is 6.69. The van der Waals surface area contributed by atoms with E-state index in [2.05, 4.69) is 18.1 Å². The van der Waals surface area contributed by atoms with Crippen LogP contribution in [0.15, 0.2) is 86.1 Å². The van der Waals surface area contributed by atoms with E-state index in [1.54, 1.807) is 23.1 Å². The normalized spacial score (nSPS) is 14.1. The second-order valence-electron chi connectivity index (χ2n) is 7.92. The van der Waals surface area contributed by atoms with Gasteiger partial charge in [0.15, 0.2) is 0 Å². The number of fused-ring (bicyclic) bond motifs is 1. The summed E-state index contributed by atoms with van der Waals surface area (Å²) in [6, 6.07) is 15.3. The number of hydrogen-bond donors (Lipinski definition) is 0. The number of amides is 1. The maximum Gasteiger partial charge on any atom is 0.287 e. The molecule has 0 bridgehead atoms. The van der Waals surface area contributed by atoms with Crippen LogP contribution in [0.2, 0.25) is 10.0 Å². The van der Waals surface area contributed by atoms with Crippen molar-refractivity contribution < 1.29 is 14.5 Å². The first kappa shape index (κ1) is 26.9. The maximum absolute atomic E-state index is 13.3. The van der Waals surface area contributed by atoms with E-state index in [4.69, 9.17) is 27.9 Å². The monoisotopic (exact) mass is 525 g/mol. The van der Waals surface area contributed by atoms with Crippen LogP contribution >= 0.6 is 23.2 Å². The number of nitrogens with zero attached hydrogens (tertiary/aromatic N) is 3. The van der Waals surface area contributed by atoms with E-state index in [-0.39, 0.29) is 30.1 Å². The lowest BCUT2D eigenvalue weighted by Gasteiger charge is -2.36. The number of nitro groups is 1. The van der Waals surface area contributed by atoms with Crippen molar-refractivity contribution >= 4 is 34.8 Å². The standard InChI is InChI=1S/C22H17Cl2N3O4.C5H8/c23-19-7-5-15(10-20(19)24)22(28)26-12-16-4-2-1-3-14(16)9-18(26)13-31-21-8-6-17(11-25-21)27(29)30;1-3-5-4-2/h1-8,10-11,18H,9,12-13H2;3-4H,1-2,5H2. The molecule has 3 aromatic rings. The molecular formula is C27H25Cl2N3O4. The second-order valence-corrected chi connectivity index (χ2v) is 8.74. The Kier molecular flexibility index (Phi) is 9.61. The number of carbonyl (C=O) groups excluding carboxylic acids is 1. The van der Waals surface area contributed by atoms with Crippen LogP contribution in [0.5, 0.6) is 5.88 Å². The third-order valence-corrected chi connectivity index (χ3v) is 6.21. The molecule has 0 N–H and O–H groups in total. The molecule has 1 aliphatic rings. The summed E-state index contributed by atoms with van der Waals surface area (Å²) in [5.74, 6) is 0.0738. The molecular weight excluding hydrogens is 501 g/mol. The van der Waals surface area contributed by atoms with Gasteiger partial charge in [-0.2, -0.15) is 0 Å². The molecule has 1 amide bonds. The molecule has 4 rings (SSSR count). The Morgan fingerprint density at radius 2 is 1.83 bits per heavy atom. The smallest absolute Gasteiger partial charge is 0.287 e. The highest BCUT2D eigenvalue weighted by atomic mass is 35.5. The summed E-state index contributed by atoms with van der Waals surface area (Å²) < 4.78 is 5.78. The van der Waals surface area contributed by atoms with Gasteiger partial charge in [-0.15, -0.1) is 13.2 Å². The van der Waals surface area contributed by atoms with Crippen molar-refractivity contribution in [1.82, 2.24) is 9.88 Å². The van der Waals surface area contributed by atoms with Crippen LogP contribution in [0.4, 0.5) is 5.69 Å². The van der Waals surface area contributed by atoms with E-state index < -0.39 is 4.92 Å². The zero-order chi connectivity index (χ0) is 26.1. The van der Waals surface area contributed by atoms with E-state index in [0.717, 1.165) is 23.7 Å². The number of ether oxygens (including phenoxy) is 1. The van der Waals surface area contributed by atoms with Gasteiger partial charge in [0.05, 0.1) is 21.0 Å². The molecule has 186 valence electrons. The molecule has 36 heavy (non-hydrogen) atoms. The maximum atomic E-state index is 13.3. The van der Waals surface area contributed by atoms with Gasteiger partial charge in [0.1, 0.15) is 12.8 Å². The Labute approximate surface area is 219 Å². The minimum absolute atomic E-state index is 0.115. The minimum Gasteiger partial charge on any atom is -0.475 e. The fourth-order valence-corrected chi connectivity index (χ4v) is 3.93. The number of aromatic nitrogens is 1. The molecule has 2 aromatic carbocycles. The van der Waals surface area contributed by atoms with Crippen molar-refractivity contribution in [3.63, 3.8) is 0 Å². The fraction of sp³-hybridized carbons (Fsp3) is 0.185. The Hall–Kier alpha value is -3.68. The summed E-state index contributed by atoms with van der Waals surface area (Å²) in [7, 11) is 0. The van der Waals surface area contributed by atoms with Crippen molar-refractivity contribution in [1.29, 1.82) is 0 Å². The van der Waals surface area contributed by atoms with Gasteiger partial charge in [-0.25, -0.2) is 4.98 Å². The molecule has 1 atom stereocenters. The lowest BCUT2D eigenvalue weighted by Crippen LogP contribution is -2.47. The Bertz CT molecular complexity index is 1240. The van der Waals surface area contributed by atoms with Gasteiger partial charge in [-0.1, -0.05) is 59.6 Å². The molecule has 1 aromatic heterocycles. The van der Waals surface area contributed by atoms with E-state index in [0.29, 0.717) is 28.6 Å². The molecule has 7 nitrogen and oxygen atoms in total. The average Bonchev–Trinajstić information content (AvgIpc) is 2.89. The van der Waals surface area contributed by atoms with Crippen LogP contribution in [-0.2, 0) is 13.0 Å². The highest BCUT2D eigenvalue weighted by molar-refractivity contribution is 6.42. The van der Waals surface area contributed by atoms with Gasteiger partial charge in [-0.3, -0.25) is 14.9 Å². The lowest BCUT2D eigenvalue weighted by molar-refractivity contribution is -0.385. The third kappa shape index (κ3) is 6.93. The Balaban J connectivity index is 0.000000658. The molecule has 0 radical (unpaired) electrons. The molecule has 2 heterocycles. The zero-order valence-electron chi connectivity index (χ0n) is 19.5. The summed E-state index contributed by atoms with van der Waals surface area (Å²) in [5, 5.41) is 11.5. The van der Waals surface area contributed by atoms with Crippen molar-refractivity contribution in [3.8, 4) is 5.88 Å². The SMILES string of the molecule is C=CCC=C.O=C(c1ccc(Cl)c(Cl)c1)N1Cc2ccccc2CC1COc1ccc([N+](=O)[O-])cn1. The van der Waals surface area contributed by atoms with E-state index in [9.17, 15) is 14.9 Å². The molecule has 1 aliphatic heterocycles. The van der Waals surface area contributed by atoms with Gasteiger partial charge >= 0.3 is 0 Å². The summed E-state index contributed by atoms with van der Waals surface area (Å²) in [6.07, 6.45) is 6.29. The molecule has 0 fully saturated rings. The highest BCUT2D eigenvalue weighted by Crippen LogP contribution is 2.28. The first-order valence-corrected chi connectivity index (χ1v) is 11.9. The van der Waals surface area contributed by atoms with E-state index >= 15 is 0 Å². The fourth-order valence-electron chi connectivity index (χ4n) is 3.63. The largest absolute Gasteiger partial charge is 0.475 e. The molecule has 0 saturated carbocycles. The van der Waals surface area contributed by atoms with Crippen molar-refractivity contribution in [3.05, 3.63) is 123 Å². The van der Waals surface area contributed by atoms with Crippen molar-refractivity contribution in [2.24, 2.45) is 0 Å². The molecule has 0 spiro atoms. The summed E-state index contributed by atoms with van der Waals surface area (Å²) >= 11 is 12.1. The van der Waals surface area contributed by atoms with Crippen LogP contribution in [0.1, 0.15) is 27.9 Å². The third-order valence-electron chi connectivity index (χ3n) is 5.47. The predicted molar refractivity (Wildman–Crippen MR) is 142 cm³/mol. The first-order valence-electron chi connectivity index (χ1n) is 11.1. The van der Waals surface area contributed by atoms with Gasteiger partial charge < -0.3 is 9.64 Å². The topological polar surface area (TPSA) is 85.6 Å². The Morgan fingerprint density at radius 1 is 1.11 bits per heavy atom. The number of rotatable bonds is 7. The second kappa shape index (κ2) is 12.9. The number of halogens is 2. The summed E-state index contributed by atoms with van der Waals surface area (Å²) in [5.41, 5.74) is 2.54. The van der Waals surface area contributed by atoms with Gasteiger partial charge in [0, 0.05) is 24.2 Å². The van der Waals surface area contributed by atoms with Crippen LogP contribution in [-0.4, -0.2) is 33.4 Å². The zero-order valence-corrected chi connectivity index (χ0v) is 21.0. The van der Waals surface area contributed by atoms with Gasteiger partial charge in [0.2, 0.25) is 5.88 Å². The van der Waals surface area contributed by atoms with Gasteiger partial charge in [0.25, 0.3) is 11.6 Å². The summed E-state index contributed by atoms with van der Waals surface area (Å²) in [6.45, 7) is 7.57. The number of pyridine rings is 1. The number of carbonyl (C=O) groups is 1. The van der Waals surface area contributed by atoms with Crippen LogP contribution in [0, 0.1) is 10.1 Å². The van der Waals surface area contributed by atoms with E-state index in [1.807, 2.05) is 36.4 Å². The van der Waals surface area contributed by atoms with Crippen LogP contribution < -0.4 is 4.74 Å². The molecule has 1 unspecified atom stereocenters. The summed E-state index contributed by atoms with van der Waals surface area (Å²) in [4.78, 5) is 29.3. The molecule has 0 saturated heterocycles. The quantitative estimate of drug-likeness (QED) is 0.195. The number of hydrogen-bond acceptors (Lipinski definition) is 5. The lowest BCUT2D eigenvalue weighted by atomic mass is 9.93. The molecule has 0 aliphatic carbocycles. The van der Waals surface area contributed by atoms with Crippen molar-refractivity contribution in [2.75, 3.05) is 6.61 Å². The minimum atomic E-state index is -0.521. The molecule has 9 heteroatoms. The van der Waals surface area contributed by atoms with Crippen molar-refractivity contribution in [2.45, 2.75) is 25.4 Å². The number of allylic oxidation sites excluding steroid dienone is 2. The van der Waals surface area contributed by atoms with E-state index in [1.165, 1.54) is 12.1 Å². The first-order chi connectivity index (χ1) is 17.3. The Morgan fingerprint density at radius 3 is 2.42 bits per heavy atom. The van der Waals surface area contributed by atoms with Crippen LogP contribution in [0.25, 0.3) is 0 Å².